The first-order chi connectivity index (χ1) is 6.84. The largest absolute Gasteiger partial charge is 0.596 e. The van der Waals surface area contributed by atoms with E-state index in [0.717, 1.165) is 5.76 Å². The molecule has 1 N–H and O–H groups in total. The van der Waals surface area contributed by atoms with E-state index < -0.39 is 12.1 Å². The molecule has 1 rings (SSSR count). The van der Waals surface area contributed by atoms with Crippen LogP contribution in [-0.4, -0.2) is 17.3 Å². The van der Waals surface area contributed by atoms with E-state index in [1.807, 2.05) is 26.8 Å². The molecule has 0 atom stereocenters. The van der Waals surface area contributed by atoms with E-state index in [-0.39, 0.29) is 20.4 Å². The summed E-state index contributed by atoms with van der Waals surface area (Å²) in [5.74, 6) is -1.84. The smallest absolute Gasteiger partial charge is 0.490 e. The topological polar surface area (TPSA) is 50.4 Å². The zero-order chi connectivity index (χ0) is 12.5. The molecule has 0 aromatic carbocycles. The molecule has 1 aromatic rings. The summed E-state index contributed by atoms with van der Waals surface area (Å²) in [4.78, 5) is 8.90. The van der Waals surface area contributed by atoms with Crippen LogP contribution in [0.5, 0.6) is 0 Å². The molecule has 0 amide bonds. The van der Waals surface area contributed by atoms with Gasteiger partial charge in [-0.1, -0.05) is 26.5 Å². The van der Waals surface area contributed by atoms with Crippen LogP contribution in [0.3, 0.4) is 0 Å². The average molecular weight is 332 g/mol. The van der Waals surface area contributed by atoms with Crippen LogP contribution in [0.15, 0.2) is 16.5 Å². The van der Waals surface area contributed by atoms with Crippen LogP contribution >= 0.6 is 0 Å². The third kappa shape index (κ3) is 13.2. The summed E-state index contributed by atoms with van der Waals surface area (Å²) >= 11 is 0. The number of furan rings is 1. The van der Waals surface area contributed by atoms with Crippen molar-refractivity contribution in [2.75, 3.05) is 0 Å². The maximum Gasteiger partial charge on any atom is 0.490 e. The molecule has 16 heavy (non-hydrogen) atoms. The predicted molar refractivity (Wildman–Crippen MR) is 47.3 cm³/mol. The minimum Gasteiger partial charge on any atom is -0.596 e. The maximum absolute atomic E-state index is 10.6. The van der Waals surface area contributed by atoms with Crippen LogP contribution in [0.1, 0.15) is 19.6 Å². The number of alkyl halides is 3. The molecule has 3 nitrogen and oxygen atoms in total. The van der Waals surface area contributed by atoms with Crippen LogP contribution in [0.2, 0.25) is 0 Å². The molecular weight excluding hydrogens is 320 g/mol. The van der Waals surface area contributed by atoms with Crippen molar-refractivity contribution in [3.63, 3.8) is 0 Å². The molecule has 0 aliphatic rings. The van der Waals surface area contributed by atoms with Crippen molar-refractivity contribution in [3.05, 3.63) is 24.2 Å². The van der Waals surface area contributed by atoms with Crippen LogP contribution in [0, 0.1) is 13.2 Å². The first kappa shape index (κ1) is 20.6. The van der Waals surface area contributed by atoms with E-state index in [2.05, 4.69) is 6.26 Å². The van der Waals surface area contributed by atoms with Gasteiger partial charge in [0, 0.05) is 20.4 Å². The van der Waals surface area contributed by atoms with Gasteiger partial charge in [-0.3, -0.25) is 0 Å². The number of halogens is 3. The summed E-state index contributed by atoms with van der Waals surface area (Å²) in [5, 5.41) is 7.12. The zero-order valence-corrected chi connectivity index (χ0v) is 10.4. The van der Waals surface area contributed by atoms with Crippen LogP contribution in [-0.2, 0) is 25.2 Å². The minimum atomic E-state index is -5.08. The fourth-order valence-electron chi connectivity index (χ4n) is 0.312. The maximum atomic E-state index is 10.6. The molecule has 0 aliphatic heterocycles. The first-order valence-electron chi connectivity index (χ1n) is 4.06. The zero-order valence-electron chi connectivity index (χ0n) is 8.87. The summed E-state index contributed by atoms with van der Waals surface area (Å²) in [6.07, 6.45) is -2.53. The Balaban J connectivity index is -0.000000174. The second kappa shape index (κ2) is 10.7. The van der Waals surface area contributed by atoms with Gasteiger partial charge in [0.25, 0.3) is 0 Å². The number of hydrogen-bond donors (Lipinski definition) is 1. The minimum absolute atomic E-state index is 0. The molecule has 1 aromatic heterocycles. The molecule has 0 unspecified atom stereocenters. The Morgan fingerprint density at radius 1 is 1.44 bits per heavy atom. The molecule has 0 aliphatic carbocycles. The molecule has 0 saturated heterocycles. The van der Waals surface area contributed by atoms with E-state index in [1.165, 1.54) is 0 Å². The fourth-order valence-corrected chi connectivity index (χ4v) is 0.312. The van der Waals surface area contributed by atoms with E-state index >= 15 is 0 Å². The Labute approximate surface area is 105 Å². The Hall–Kier alpha value is -0.798. The molecule has 0 spiro atoms. The van der Waals surface area contributed by atoms with E-state index in [9.17, 15) is 13.2 Å². The summed E-state index contributed by atoms with van der Waals surface area (Å²) in [6, 6.07) is 3.61. The Bertz CT molecular complexity index is 257. The molecule has 0 bridgehead atoms. The van der Waals surface area contributed by atoms with E-state index in [1.54, 1.807) is 6.07 Å². The number of rotatable bonds is 0. The standard InChI is InChI=1S/C5H5O.C2HF3O2.C2H6.Pd/c1-5-3-2-4-6-5;3-2(4,5)1(6)7;1-2;/h2-3H,1H3;(H,6,7);1-2H3;/q-1;;;. The normalized spacial score (nSPS) is 8.62. The first-order valence-corrected chi connectivity index (χ1v) is 4.06. The fraction of sp³-hybridized carbons (Fsp3) is 0.444. The molecule has 0 radical (unpaired) electrons. The van der Waals surface area contributed by atoms with Gasteiger partial charge in [0.15, 0.2) is 0 Å². The summed E-state index contributed by atoms with van der Waals surface area (Å²) in [5.41, 5.74) is 0. The Kier molecular flexibility index (Phi) is 13.8. The summed E-state index contributed by atoms with van der Waals surface area (Å²) in [6.45, 7) is 5.89. The number of aryl methyl sites for hydroxylation is 1. The number of carbonyl (C=O) groups is 1. The van der Waals surface area contributed by atoms with E-state index in [0.29, 0.717) is 0 Å². The molecule has 0 fully saturated rings. The SMILES string of the molecule is CC.Cc1cc[c-]o1.O=C(O)C(F)(F)F.[Pd]. The second-order valence-electron chi connectivity index (χ2n) is 1.97. The molecular formula is C9H12F3O3Pd-. The number of carboxylic acids is 1. The number of carboxylic acid groups (broad SMARTS) is 1. The number of aliphatic carboxylic acids is 1. The predicted octanol–water partition coefficient (Wildman–Crippen LogP) is 3.05. The van der Waals surface area contributed by atoms with Gasteiger partial charge in [0.05, 0.1) is 0 Å². The molecule has 1 heterocycles. The van der Waals surface area contributed by atoms with Crippen LogP contribution < -0.4 is 0 Å². The summed E-state index contributed by atoms with van der Waals surface area (Å²) in [7, 11) is 0. The van der Waals surface area contributed by atoms with E-state index in [4.69, 9.17) is 14.3 Å². The van der Waals surface area contributed by atoms with Crippen molar-refractivity contribution in [1.82, 2.24) is 0 Å². The van der Waals surface area contributed by atoms with Gasteiger partial charge in [-0.25, -0.2) is 4.79 Å². The van der Waals surface area contributed by atoms with Gasteiger partial charge in [0.2, 0.25) is 0 Å². The van der Waals surface area contributed by atoms with Gasteiger partial charge < -0.3 is 9.52 Å². The van der Waals surface area contributed by atoms with Gasteiger partial charge in [0.1, 0.15) is 0 Å². The van der Waals surface area contributed by atoms with Crippen LogP contribution in [0.25, 0.3) is 0 Å². The van der Waals surface area contributed by atoms with Crippen molar-refractivity contribution in [1.29, 1.82) is 0 Å². The molecule has 7 heteroatoms. The van der Waals surface area contributed by atoms with Gasteiger partial charge >= 0.3 is 12.1 Å². The van der Waals surface area contributed by atoms with Gasteiger partial charge in [-0.2, -0.15) is 19.2 Å². The third-order valence-corrected chi connectivity index (χ3v) is 0.848. The average Bonchev–Trinajstić information content (AvgIpc) is 2.59. The van der Waals surface area contributed by atoms with Crippen molar-refractivity contribution in [2.24, 2.45) is 0 Å². The Morgan fingerprint density at radius 3 is 1.88 bits per heavy atom. The quantitative estimate of drug-likeness (QED) is 0.587. The monoisotopic (exact) mass is 331 g/mol. The van der Waals surface area contributed by atoms with Crippen molar-refractivity contribution < 1.29 is 47.9 Å². The van der Waals surface area contributed by atoms with Gasteiger partial charge in [-0.15, -0.1) is 6.07 Å². The Morgan fingerprint density at radius 2 is 1.81 bits per heavy atom. The third-order valence-electron chi connectivity index (χ3n) is 0.848. The van der Waals surface area contributed by atoms with Gasteiger partial charge in [-0.05, 0) is 6.26 Å². The van der Waals surface area contributed by atoms with Crippen molar-refractivity contribution in [3.8, 4) is 0 Å². The van der Waals surface area contributed by atoms with Crippen molar-refractivity contribution >= 4 is 5.97 Å². The van der Waals surface area contributed by atoms with Crippen LogP contribution in [0.4, 0.5) is 13.2 Å². The van der Waals surface area contributed by atoms with Crippen molar-refractivity contribution in [2.45, 2.75) is 26.9 Å². The summed E-state index contributed by atoms with van der Waals surface area (Å²) < 4.78 is 36.4. The second-order valence-corrected chi connectivity index (χ2v) is 1.97. The number of hydrogen-bond acceptors (Lipinski definition) is 2. The molecule has 0 saturated carbocycles. The molecule has 98 valence electrons.